The Morgan fingerprint density at radius 1 is 1.19 bits per heavy atom. The Kier molecular flexibility index (Phi) is 3.75. The van der Waals surface area contributed by atoms with Gasteiger partial charge in [-0.15, -0.1) is 0 Å². The predicted molar refractivity (Wildman–Crippen MR) is 62.9 cm³/mol. The molecule has 0 N–H and O–H groups in total. The van der Waals surface area contributed by atoms with Gasteiger partial charge in [-0.25, -0.2) is 4.98 Å². The van der Waals surface area contributed by atoms with Gasteiger partial charge in [-0.3, -0.25) is 4.68 Å². The van der Waals surface area contributed by atoms with Gasteiger partial charge in [0.1, 0.15) is 0 Å². The predicted octanol–water partition coefficient (Wildman–Crippen LogP) is 2.20. The van der Waals surface area contributed by atoms with Crippen molar-refractivity contribution in [2.75, 3.05) is 0 Å². The fourth-order valence-corrected chi connectivity index (χ4v) is 2.01. The normalized spacial score (nSPS) is 12.8. The maximum atomic E-state index is 4.26. The van der Waals surface area contributed by atoms with Crippen molar-refractivity contribution in [3.63, 3.8) is 0 Å². The molecule has 0 radical (unpaired) electrons. The first-order valence-electron chi connectivity index (χ1n) is 5.81. The van der Waals surface area contributed by atoms with Crippen molar-refractivity contribution in [3.8, 4) is 0 Å². The molecule has 1 atom stereocenters. The lowest BCUT2D eigenvalue weighted by molar-refractivity contribution is 0.343. The first-order chi connectivity index (χ1) is 7.88. The average Bonchev–Trinajstić information content (AvgIpc) is 2.91. The third-order valence-electron chi connectivity index (χ3n) is 2.73. The monoisotopic (exact) mass is 218 g/mol. The molecule has 4 nitrogen and oxygen atoms in total. The van der Waals surface area contributed by atoms with Crippen LogP contribution >= 0.6 is 0 Å². The fourth-order valence-electron chi connectivity index (χ4n) is 2.01. The minimum atomic E-state index is 0.624. The molecule has 0 aromatic carbocycles. The van der Waals surface area contributed by atoms with Gasteiger partial charge in [0.05, 0.1) is 6.33 Å². The van der Waals surface area contributed by atoms with Gasteiger partial charge in [-0.2, -0.15) is 5.10 Å². The zero-order valence-electron chi connectivity index (χ0n) is 9.66. The highest BCUT2D eigenvalue weighted by atomic mass is 15.3. The Morgan fingerprint density at radius 3 is 2.75 bits per heavy atom. The summed E-state index contributed by atoms with van der Waals surface area (Å²) in [6.07, 6.45) is 12.0. The van der Waals surface area contributed by atoms with E-state index in [1.54, 1.807) is 0 Å². The van der Waals surface area contributed by atoms with Gasteiger partial charge in [0.15, 0.2) is 0 Å². The lowest BCUT2D eigenvalue weighted by Gasteiger charge is -2.16. The van der Waals surface area contributed by atoms with Gasteiger partial charge in [-0.1, -0.05) is 13.3 Å². The third-order valence-corrected chi connectivity index (χ3v) is 2.73. The Hall–Kier alpha value is -1.58. The van der Waals surface area contributed by atoms with E-state index in [-0.39, 0.29) is 0 Å². The first kappa shape index (κ1) is 10.9. The van der Waals surface area contributed by atoms with Crippen molar-refractivity contribution < 1.29 is 0 Å². The second kappa shape index (κ2) is 5.49. The Bertz CT molecular complexity index is 341. The van der Waals surface area contributed by atoms with Crippen molar-refractivity contribution in [3.05, 3.63) is 37.2 Å². The van der Waals surface area contributed by atoms with Crippen LogP contribution in [0.15, 0.2) is 37.2 Å². The zero-order chi connectivity index (χ0) is 11.2. The minimum Gasteiger partial charge on any atom is -0.337 e. The van der Waals surface area contributed by atoms with Crippen LogP contribution in [0.2, 0.25) is 0 Å². The number of hydrogen-bond donors (Lipinski definition) is 0. The van der Waals surface area contributed by atoms with Crippen molar-refractivity contribution in [1.82, 2.24) is 19.3 Å². The maximum Gasteiger partial charge on any atom is 0.0946 e. The van der Waals surface area contributed by atoms with Gasteiger partial charge >= 0.3 is 0 Å². The molecule has 0 amide bonds. The summed E-state index contributed by atoms with van der Waals surface area (Å²) in [5.74, 6) is 0.624. The van der Waals surface area contributed by atoms with Gasteiger partial charge in [0.25, 0.3) is 0 Å². The summed E-state index contributed by atoms with van der Waals surface area (Å²) < 4.78 is 4.15. The topological polar surface area (TPSA) is 35.6 Å². The summed E-state index contributed by atoms with van der Waals surface area (Å²) >= 11 is 0. The Balaban J connectivity index is 1.94. The Morgan fingerprint density at radius 2 is 2.12 bits per heavy atom. The summed E-state index contributed by atoms with van der Waals surface area (Å²) in [4.78, 5) is 4.07. The molecule has 16 heavy (non-hydrogen) atoms. The number of aromatic nitrogens is 4. The standard InChI is InChI=1S/C12H18N4/c1-2-4-12(9-15-8-6-13-11-15)10-16-7-3-5-14-16/h3,5-8,11-12H,2,4,9-10H2,1H3. The molecule has 0 spiro atoms. The van der Waals surface area contributed by atoms with Crippen molar-refractivity contribution >= 4 is 0 Å². The van der Waals surface area contributed by atoms with Crippen molar-refractivity contribution in [2.45, 2.75) is 32.9 Å². The van der Waals surface area contributed by atoms with E-state index in [1.165, 1.54) is 12.8 Å². The van der Waals surface area contributed by atoms with Crippen LogP contribution in [0.1, 0.15) is 19.8 Å². The molecular weight excluding hydrogens is 200 g/mol. The molecule has 1 unspecified atom stereocenters. The van der Waals surface area contributed by atoms with Crippen LogP contribution in [-0.4, -0.2) is 19.3 Å². The quantitative estimate of drug-likeness (QED) is 0.745. The molecule has 2 aromatic heterocycles. The molecule has 4 heteroatoms. The Labute approximate surface area is 95.9 Å². The molecule has 0 aliphatic rings. The minimum absolute atomic E-state index is 0.624. The molecular formula is C12H18N4. The average molecular weight is 218 g/mol. The lowest BCUT2D eigenvalue weighted by atomic mass is 10.0. The van der Waals surface area contributed by atoms with E-state index in [1.807, 2.05) is 41.9 Å². The van der Waals surface area contributed by atoms with Crippen LogP contribution in [0.3, 0.4) is 0 Å². The number of nitrogens with zero attached hydrogens (tertiary/aromatic N) is 4. The van der Waals surface area contributed by atoms with Gasteiger partial charge in [-0.05, 0) is 18.4 Å². The summed E-state index contributed by atoms with van der Waals surface area (Å²) in [6.45, 7) is 4.23. The molecule has 0 aliphatic carbocycles. The number of rotatable bonds is 6. The van der Waals surface area contributed by atoms with E-state index >= 15 is 0 Å². The molecule has 0 aliphatic heterocycles. The van der Waals surface area contributed by atoms with Crippen molar-refractivity contribution in [2.24, 2.45) is 5.92 Å². The van der Waals surface area contributed by atoms with E-state index in [4.69, 9.17) is 0 Å². The second-order valence-corrected chi connectivity index (χ2v) is 4.14. The van der Waals surface area contributed by atoms with E-state index < -0.39 is 0 Å². The highest BCUT2D eigenvalue weighted by molar-refractivity contribution is 4.80. The summed E-state index contributed by atoms with van der Waals surface area (Å²) in [6, 6.07) is 1.97. The number of imidazole rings is 1. The van der Waals surface area contributed by atoms with Crippen LogP contribution in [-0.2, 0) is 13.1 Å². The molecule has 0 saturated carbocycles. The molecule has 2 aromatic rings. The van der Waals surface area contributed by atoms with Crippen LogP contribution < -0.4 is 0 Å². The second-order valence-electron chi connectivity index (χ2n) is 4.14. The van der Waals surface area contributed by atoms with E-state index in [9.17, 15) is 0 Å². The van der Waals surface area contributed by atoms with Gasteiger partial charge in [0.2, 0.25) is 0 Å². The summed E-state index contributed by atoms with van der Waals surface area (Å²) in [7, 11) is 0. The third kappa shape index (κ3) is 2.95. The van der Waals surface area contributed by atoms with Crippen LogP contribution in [0.25, 0.3) is 0 Å². The zero-order valence-corrected chi connectivity index (χ0v) is 9.66. The smallest absolute Gasteiger partial charge is 0.0946 e. The largest absolute Gasteiger partial charge is 0.337 e. The maximum absolute atomic E-state index is 4.26. The molecule has 86 valence electrons. The highest BCUT2D eigenvalue weighted by Crippen LogP contribution is 2.12. The van der Waals surface area contributed by atoms with Crippen LogP contribution in [0, 0.1) is 5.92 Å². The van der Waals surface area contributed by atoms with Gasteiger partial charge < -0.3 is 4.57 Å². The molecule has 2 heterocycles. The molecule has 0 saturated heterocycles. The molecule has 0 fully saturated rings. The van der Waals surface area contributed by atoms with Gasteiger partial charge in [0, 0.05) is 37.9 Å². The van der Waals surface area contributed by atoms with Crippen molar-refractivity contribution in [1.29, 1.82) is 0 Å². The van der Waals surface area contributed by atoms with E-state index in [0.29, 0.717) is 5.92 Å². The van der Waals surface area contributed by atoms with Crippen LogP contribution in [0.4, 0.5) is 0 Å². The highest BCUT2D eigenvalue weighted by Gasteiger charge is 2.09. The summed E-state index contributed by atoms with van der Waals surface area (Å²) in [5, 5.41) is 4.26. The van der Waals surface area contributed by atoms with E-state index in [2.05, 4.69) is 21.6 Å². The molecule has 2 rings (SSSR count). The molecule has 0 bridgehead atoms. The SMILES string of the molecule is CCCC(Cn1ccnc1)Cn1cccn1. The van der Waals surface area contributed by atoms with Crippen LogP contribution in [0.5, 0.6) is 0 Å². The summed E-state index contributed by atoms with van der Waals surface area (Å²) in [5.41, 5.74) is 0. The lowest BCUT2D eigenvalue weighted by Crippen LogP contribution is -2.16. The number of hydrogen-bond acceptors (Lipinski definition) is 2. The first-order valence-corrected chi connectivity index (χ1v) is 5.81. The fraction of sp³-hybridized carbons (Fsp3) is 0.500. The van der Waals surface area contributed by atoms with E-state index in [0.717, 1.165) is 13.1 Å².